The lowest BCUT2D eigenvalue weighted by molar-refractivity contribution is -0.125. The highest BCUT2D eigenvalue weighted by atomic mass is 19.1. The fraction of sp³-hybridized carbons (Fsp3) is 0.267. The molecule has 0 saturated carbocycles. The number of carbonyl (C=O) groups is 1. The summed E-state index contributed by atoms with van der Waals surface area (Å²) in [6, 6.07) is 3.47. The highest BCUT2D eigenvalue weighted by Gasteiger charge is 2.33. The average Bonchev–Trinajstić information content (AvgIpc) is 2.38. The zero-order valence-corrected chi connectivity index (χ0v) is 10.4. The van der Waals surface area contributed by atoms with E-state index < -0.39 is 23.0 Å². The molecule has 0 radical (unpaired) electrons. The maximum absolute atomic E-state index is 13.5. The SMILES string of the molecule is NC(=O)C1(CCc2ccc(F)cc2F)C=CC=CC1. The zero-order valence-electron chi connectivity index (χ0n) is 10.4. The molecule has 19 heavy (non-hydrogen) atoms. The second kappa shape index (κ2) is 5.34. The summed E-state index contributed by atoms with van der Waals surface area (Å²) in [7, 11) is 0. The van der Waals surface area contributed by atoms with Crippen molar-refractivity contribution in [2.24, 2.45) is 11.1 Å². The van der Waals surface area contributed by atoms with Gasteiger partial charge in [-0.1, -0.05) is 30.4 Å². The Bertz CT molecular complexity index is 551. The molecule has 4 heteroatoms. The van der Waals surface area contributed by atoms with Crippen molar-refractivity contribution in [3.8, 4) is 0 Å². The van der Waals surface area contributed by atoms with Gasteiger partial charge in [0.25, 0.3) is 0 Å². The van der Waals surface area contributed by atoms with Gasteiger partial charge in [-0.3, -0.25) is 4.79 Å². The number of hydrogen-bond acceptors (Lipinski definition) is 1. The molecule has 0 aliphatic heterocycles. The van der Waals surface area contributed by atoms with Crippen molar-refractivity contribution in [3.63, 3.8) is 0 Å². The van der Waals surface area contributed by atoms with Gasteiger partial charge in [0.05, 0.1) is 5.41 Å². The Labute approximate surface area is 110 Å². The minimum Gasteiger partial charge on any atom is -0.369 e. The molecule has 1 aliphatic rings. The third-order valence-electron chi connectivity index (χ3n) is 3.49. The number of hydrogen-bond donors (Lipinski definition) is 1. The molecule has 0 bridgehead atoms. The Morgan fingerprint density at radius 1 is 1.32 bits per heavy atom. The molecule has 1 unspecified atom stereocenters. The van der Waals surface area contributed by atoms with Crippen LogP contribution in [0.15, 0.2) is 42.5 Å². The van der Waals surface area contributed by atoms with Gasteiger partial charge in [0.15, 0.2) is 0 Å². The summed E-state index contributed by atoms with van der Waals surface area (Å²) >= 11 is 0. The topological polar surface area (TPSA) is 43.1 Å². The standard InChI is InChI=1S/C15H15F2NO/c16-12-5-4-11(13(17)10-12)6-9-15(14(18)19)7-2-1-3-8-15/h1-5,7,10H,6,8-9H2,(H2,18,19). The molecule has 1 aromatic carbocycles. The lowest BCUT2D eigenvalue weighted by Gasteiger charge is -2.27. The molecule has 0 fully saturated rings. The van der Waals surface area contributed by atoms with Gasteiger partial charge in [-0.15, -0.1) is 0 Å². The van der Waals surface area contributed by atoms with E-state index in [0.717, 1.165) is 6.07 Å². The molecule has 1 atom stereocenters. The van der Waals surface area contributed by atoms with E-state index in [4.69, 9.17) is 5.73 Å². The number of allylic oxidation sites excluding steroid dienone is 3. The van der Waals surface area contributed by atoms with E-state index in [2.05, 4.69) is 0 Å². The highest BCUT2D eigenvalue weighted by molar-refractivity contribution is 5.83. The van der Waals surface area contributed by atoms with Gasteiger partial charge in [0.2, 0.25) is 5.91 Å². The van der Waals surface area contributed by atoms with Crippen LogP contribution in [0.25, 0.3) is 0 Å². The van der Waals surface area contributed by atoms with Gasteiger partial charge in [-0.25, -0.2) is 8.78 Å². The summed E-state index contributed by atoms with van der Waals surface area (Å²) in [6.07, 6.45) is 8.51. The first-order chi connectivity index (χ1) is 9.03. The Balaban J connectivity index is 2.14. The minimum absolute atomic E-state index is 0.341. The van der Waals surface area contributed by atoms with Crippen LogP contribution in [0.2, 0.25) is 0 Å². The number of carbonyl (C=O) groups excluding carboxylic acids is 1. The van der Waals surface area contributed by atoms with Crippen LogP contribution in [0.4, 0.5) is 8.78 Å². The summed E-state index contributed by atoms with van der Waals surface area (Å²) in [6.45, 7) is 0. The van der Waals surface area contributed by atoms with Crippen LogP contribution < -0.4 is 5.73 Å². The third-order valence-corrected chi connectivity index (χ3v) is 3.49. The molecule has 0 spiro atoms. The van der Waals surface area contributed by atoms with E-state index in [9.17, 15) is 13.6 Å². The fourth-order valence-corrected chi connectivity index (χ4v) is 2.24. The van der Waals surface area contributed by atoms with E-state index in [1.807, 2.05) is 12.2 Å². The summed E-state index contributed by atoms with van der Waals surface area (Å²) in [4.78, 5) is 11.6. The van der Waals surface area contributed by atoms with Crippen molar-refractivity contribution in [1.29, 1.82) is 0 Å². The summed E-state index contributed by atoms with van der Waals surface area (Å²) < 4.78 is 26.4. The molecule has 1 aliphatic carbocycles. The van der Waals surface area contributed by atoms with Crippen LogP contribution in [0, 0.1) is 17.0 Å². The zero-order chi connectivity index (χ0) is 13.9. The second-order valence-electron chi connectivity index (χ2n) is 4.75. The van der Waals surface area contributed by atoms with Crippen LogP contribution in [-0.2, 0) is 11.2 Å². The molecule has 1 aromatic rings. The van der Waals surface area contributed by atoms with Gasteiger partial charge in [0, 0.05) is 6.07 Å². The smallest absolute Gasteiger partial charge is 0.227 e. The summed E-state index contributed by atoms with van der Waals surface area (Å²) in [5.41, 5.74) is 5.08. The predicted molar refractivity (Wildman–Crippen MR) is 69.2 cm³/mol. The number of halogens is 2. The number of amides is 1. The number of aryl methyl sites for hydroxylation is 1. The fourth-order valence-electron chi connectivity index (χ4n) is 2.24. The molecular formula is C15H15F2NO. The molecule has 0 aromatic heterocycles. The molecule has 1 amide bonds. The lowest BCUT2D eigenvalue weighted by atomic mass is 9.76. The molecule has 100 valence electrons. The van der Waals surface area contributed by atoms with E-state index in [1.165, 1.54) is 12.1 Å². The number of rotatable bonds is 4. The largest absolute Gasteiger partial charge is 0.369 e. The first kappa shape index (κ1) is 13.5. The van der Waals surface area contributed by atoms with Gasteiger partial charge < -0.3 is 5.73 Å². The quantitative estimate of drug-likeness (QED) is 0.891. The minimum atomic E-state index is -0.768. The van der Waals surface area contributed by atoms with Crippen LogP contribution >= 0.6 is 0 Å². The first-order valence-corrected chi connectivity index (χ1v) is 6.12. The Morgan fingerprint density at radius 2 is 2.11 bits per heavy atom. The van der Waals surface area contributed by atoms with Crippen molar-refractivity contribution in [1.82, 2.24) is 0 Å². The third kappa shape index (κ3) is 2.89. The molecule has 2 nitrogen and oxygen atoms in total. The Morgan fingerprint density at radius 3 is 2.68 bits per heavy atom. The Hall–Kier alpha value is -1.97. The van der Waals surface area contributed by atoms with Gasteiger partial charge in [-0.2, -0.15) is 0 Å². The van der Waals surface area contributed by atoms with Crippen LogP contribution in [0.5, 0.6) is 0 Å². The molecule has 0 heterocycles. The maximum Gasteiger partial charge on any atom is 0.227 e. The predicted octanol–water partition coefficient (Wildman–Crippen LogP) is 2.89. The maximum atomic E-state index is 13.5. The van der Waals surface area contributed by atoms with Gasteiger partial charge in [0.1, 0.15) is 11.6 Å². The number of nitrogens with two attached hydrogens (primary N) is 1. The van der Waals surface area contributed by atoms with Gasteiger partial charge >= 0.3 is 0 Å². The highest BCUT2D eigenvalue weighted by Crippen LogP contribution is 2.33. The van der Waals surface area contributed by atoms with E-state index in [-0.39, 0.29) is 0 Å². The molecule has 2 N–H and O–H groups in total. The summed E-state index contributed by atoms with van der Waals surface area (Å²) in [5, 5.41) is 0. The van der Waals surface area contributed by atoms with Crippen molar-refractivity contribution in [3.05, 3.63) is 59.7 Å². The molecular weight excluding hydrogens is 248 g/mol. The van der Waals surface area contributed by atoms with Crippen LogP contribution in [0.1, 0.15) is 18.4 Å². The van der Waals surface area contributed by atoms with Crippen LogP contribution in [-0.4, -0.2) is 5.91 Å². The normalized spacial score (nSPS) is 21.6. The number of primary amides is 1. The van der Waals surface area contributed by atoms with Crippen LogP contribution in [0.3, 0.4) is 0 Å². The molecule has 2 rings (SSSR count). The van der Waals surface area contributed by atoms with Crippen molar-refractivity contribution >= 4 is 5.91 Å². The monoisotopic (exact) mass is 263 g/mol. The van der Waals surface area contributed by atoms with Gasteiger partial charge in [-0.05, 0) is 30.9 Å². The summed E-state index contributed by atoms with van der Waals surface area (Å²) in [5.74, 6) is -1.61. The van der Waals surface area contributed by atoms with Crippen molar-refractivity contribution < 1.29 is 13.6 Å². The van der Waals surface area contributed by atoms with Crippen molar-refractivity contribution in [2.45, 2.75) is 19.3 Å². The lowest BCUT2D eigenvalue weighted by Crippen LogP contribution is -2.36. The first-order valence-electron chi connectivity index (χ1n) is 6.12. The number of benzene rings is 1. The molecule has 0 saturated heterocycles. The second-order valence-corrected chi connectivity index (χ2v) is 4.75. The van der Waals surface area contributed by atoms with E-state index >= 15 is 0 Å². The van der Waals surface area contributed by atoms with E-state index in [0.29, 0.717) is 24.8 Å². The van der Waals surface area contributed by atoms with Crippen molar-refractivity contribution in [2.75, 3.05) is 0 Å². The van der Waals surface area contributed by atoms with E-state index in [1.54, 1.807) is 12.2 Å². The average molecular weight is 263 g/mol. The Kier molecular flexibility index (Phi) is 3.79.